The predicted molar refractivity (Wildman–Crippen MR) is 104 cm³/mol. The number of hydrogen-bond donors (Lipinski definition) is 2. The monoisotopic (exact) mass is 469 g/mol. The molecule has 2 N–H and O–H groups in total. The number of rotatable bonds is 7. The summed E-state index contributed by atoms with van der Waals surface area (Å²) in [6, 6.07) is 6.28. The van der Waals surface area contributed by atoms with Crippen molar-refractivity contribution in [2.75, 3.05) is 26.8 Å². The van der Waals surface area contributed by atoms with E-state index in [4.69, 9.17) is 4.74 Å². The number of hydrogen-bond acceptors (Lipinski definition) is 2. The van der Waals surface area contributed by atoms with Crippen molar-refractivity contribution in [1.82, 2.24) is 10.6 Å². The van der Waals surface area contributed by atoms with Gasteiger partial charge in [-0.05, 0) is 43.5 Å². The van der Waals surface area contributed by atoms with E-state index in [1.165, 1.54) is 11.1 Å². The first-order valence-corrected chi connectivity index (χ1v) is 7.72. The number of benzene rings is 1. The van der Waals surface area contributed by atoms with Crippen LogP contribution in [0.3, 0.4) is 0 Å². The normalized spacial score (nSPS) is 11.0. The van der Waals surface area contributed by atoms with Crippen molar-refractivity contribution in [2.24, 2.45) is 4.99 Å². The van der Waals surface area contributed by atoms with Gasteiger partial charge in [-0.15, -0.1) is 24.0 Å². The molecule has 0 heterocycles. The fourth-order valence-corrected chi connectivity index (χ4v) is 2.24. The molecule has 0 atom stereocenters. The van der Waals surface area contributed by atoms with Gasteiger partial charge in [0.2, 0.25) is 0 Å². The summed E-state index contributed by atoms with van der Waals surface area (Å²) in [6.07, 6.45) is 0.970. The zero-order valence-electron chi connectivity index (χ0n) is 12.9. The molecule has 1 rings (SSSR count). The van der Waals surface area contributed by atoms with Crippen molar-refractivity contribution in [1.29, 1.82) is 0 Å². The Labute approximate surface area is 153 Å². The Balaban J connectivity index is 0.00000400. The Morgan fingerprint density at radius 3 is 2.71 bits per heavy atom. The van der Waals surface area contributed by atoms with Crippen LogP contribution in [0.5, 0.6) is 0 Å². The summed E-state index contributed by atoms with van der Waals surface area (Å²) in [4.78, 5) is 4.61. The number of aliphatic imine (C=N–C) groups is 1. The van der Waals surface area contributed by atoms with Gasteiger partial charge in [-0.25, -0.2) is 4.99 Å². The quantitative estimate of drug-likeness (QED) is 0.278. The van der Waals surface area contributed by atoms with Crippen LogP contribution in [0, 0.1) is 6.92 Å². The summed E-state index contributed by atoms with van der Waals surface area (Å²) in [5, 5.41) is 6.56. The first kappa shape index (κ1) is 20.7. The fraction of sp³-hybridized carbons (Fsp3) is 0.533. The van der Waals surface area contributed by atoms with Crippen LogP contribution in [-0.2, 0) is 11.3 Å². The molecular formula is C15H25BrIN3O. The van der Waals surface area contributed by atoms with Gasteiger partial charge in [-0.2, -0.15) is 0 Å². The Hall–Kier alpha value is -0.340. The maximum absolute atomic E-state index is 5.04. The number of nitrogens with one attached hydrogen (secondary N) is 2. The van der Waals surface area contributed by atoms with Gasteiger partial charge in [-0.3, -0.25) is 0 Å². The zero-order chi connectivity index (χ0) is 14.8. The predicted octanol–water partition coefficient (Wildman–Crippen LogP) is 3.47. The molecule has 0 radical (unpaired) electrons. The minimum absolute atomic E-state index is 0. The lowest BCUT2D eigenvalue weighted by Crippen LogP contribution is -2.38. The molecule has 1 aromatic rings. The van der Waals surface area contributed by atoms with Crippen LogP contribution in [0.2, 0.25) is 0 Å². The van der Waals surface area contributed by atoms with Gasteiger partial charge in [-0.1, -0.05) is 22.0 Å². The zero-order valence-corrected chi connectivity index (χ0v) is 16.8. The first-order valence-electron chi connectivity index (χ1n) is 6.93. The molecule has 0 aliphatic carbocycles. The van der Waals surface area contributed by atoms with Crippen molar-refractivity contribution in [3.63, 3.8) is 0 Å². The van der Waals surface area contributed by atoms with E-state index in [1.54, 1.807) is 7.11 Å². The molecule has 0 spiro atoms. The molecule has 0 saturated carbocycles. The SMILES string of the molecule is CCNC(=NCc1ccc(Br)cc1C)NCCCOC.I. The lowest BCUT2D eigenvalue weighted by molar-refractivity contribution is 0.195. The third-order valence-corrected chi connectivity index (χ3v) is 3.37. The highest BCUT2D eigenvalue weighted by atomic mass is 127. The molecule has 0 saturated heterocycles. The maximum atomic E-state index is 5.04. The van der Waals surface area contributed by atoms with E-state index in [0.717, 1.165) is 36.5 Å². The average Bonchev–Trinajstić information content (AvgIpc) is 2.42. The third kappa shape index (κ3) is 8.63. The number of aryl methyl sites for hydroxylation is 1. The van der Waals surface area contributed by atoms with Crippen molar-refractivity contribution < 1.29 is 4.74 Å². The number of ether oxygens (including phenoxy) is 1. The van der Waals surface area contributed by atoms with Crippen LogP contribution in [0.15, 0.2) is 27.7 Å². The van der Waals surface area contributed by atoms with Crippen molar-refractivity contribution in [3.05, 3.63) is 33.8 Å². The van der Waals surface area contributed by atoms with Crippen LogP contribution >= 0.6 is 39.9 Å². The molecule has 21 heavy (non-hydrogen) atoms. The van der Waals surface area contributed by atoms with Gasteiger partial charge in [0.05, 0.1) is 6.54 Å². The van der Waals surface area contributed by atoms with Crippen LogP contribution in [0.4, 0.5) is 0 Å². The van der Waals surface area contributed by atoms with Crippen molar-refractivity contribution in [3.8, 4) is 0 Å². The van der Waals surface area contributed by atoms with Gasteiger partial charge in [0.15, 0.2) is 5.96 Å². The first-order chi connectivity index (χ1) is 9.67. The van der Waals surface area contributed by atoms with Crippen LogP contribution in [0.25, 0.3) is 0 Å². The average molecular weight is 470 g/mol. The highest BCUT2D eigenvalue weighted by Gasteiger charge is 2.00. The van der Waals surface area contributed by atoms with E-state index in [0.29, 0.717) is 6.54 Å². The third-order valence-electron chi connectivity index (χ3n) is 2.87. The molecule has 6 heteroatoms. The van der Waals surface area contributed by atoms with E-state index in [-0.39, 0.29) is 24.0 Å². The largest absolute Gasteiger partial charge is 0.385 e. The molecule has 0 aliphatic rings. The highest BCUT2D eigenvalue weighted by molar-refractivity contribution is 14.0. The molecule has 0 aromatic heterocycles. The van der Waals surface area contributed by atoms with Crippen LogP contribution in [0.1, 0.15) is 24.5 Å². The summed E-state index contributed by atoms with van der Waals surface area (Å²) in [6.45, 7) is 7.33. The summed E-state index contributed by atoms with van der Waals surface area (Å²) >= 11 is 3.48. The molecule has 1 aromatic carbocycles. The topological polar surface area (TPSA) is 45.7 Å². The minimum Gasteiger partial charge on any atom is -0.385 e. The molecule has 0 amide bonds. The number of guanidine groups is 1. The van der Waals surface area contributed by atoms with E-state index in [1.807, 2.05) is 0 Å². The molecular weight excluding hydrogens is 445 g/mol. The Bertz CT molecular complexity index is 441. The fourth-order valence-electron chi connectivity index (χ4n) is 1.77. The van der Waals surface area contributed by atoms with Crippen LogP contribution < -0.4 is 10.6 Å². The van der Waals surface area contributed by atoms with Crippen molar-refractivity contribution in [2.45, 2.75) is 26.8 Å². The lowest BCUT2D eigenvalue weighted by atomic mass is 10.1. The van der Waals surface area contributed by atoms with E-state index >= 15 is 0 Å². The van der Waals surface area contributed by atoms with Gasteiger partial charge in [0, 0.05) is 31.3 Å². The number of halogens is 2. The summed E-state index contributed by atoms with van der Waals surface area (Å²) < 4.78 is 6.14. The maximum Gasteiger partial charge on any atom is 0.191 e. The second-order valence-corrected chi connectivity index (χ2v) is 5.45. The van der Waals surface area contributed by atoms with Crippen molar-refractivity contribution >= 4 is 45.9 Å². The second-order valence-electron chi connectivity index (χ2n) is 4.54. The Morgan fingerprint density at radius 2 is 2.10 bits per heavy atom. The van der Waals surface area contributed by atoms with E-state index in [2.05, 4.69) is 63.6 Å². The summed E-state index contributed by atoms with van der Waals surface area (Å²) in [5.74, 6) is 0.853. The molecule has 0 fully saturated rings. The smallest absolute Gasteiger partial charge is 0.191 e. The number of nitrogens with zero attached hydrogens (tertiary/aromatic N) is 1. The Kier molecular flexibility index (Phi) is 12.0. The van der Waals surface area contributed by atoms with E-state index in [9.17, 15) is 0 Å². The summed E-state index contributed by atoms with van der Waals surface area (Å²) in [7, 11) is 1.72. The number of methoxy groups -OCH3 is 1. The van der Waals surface area contributed by atoms with Gasteiger partial charge in [0.1, 0.15) is 0 Å². The van der Waals surface area contributed by atoms with Gasteiger partial charge < -0.3 is 15.4 Å². The Morgan fingerprint density at radius 1 is 1.33 bits per heavy atom. The van der Waals surface area contributed by atoms with Gasteiger partial charge in [0.25, 0.3) is 0 Å². The molecule has 4 nitrogen and oxygen atoms in total. The van der Waals surface area contributed by atoms with Crippen LogP contribution in [-0.4, -0.2) is 32.8 Å². The molecule has 120 valence electrons. The molecule has 0 unspecified atom stereocenters. The van der Waals surface area contributed by atoms with Gasteiger partial charge >= 0.3 is 0 Å². The molecule has 0 bridgehead atoms. The highest BCUT2D eigenvalue weighted by Crippen LogP contribution is 2.16. The lowest BCUT2D eigenvalue weighted by Gasteiger charge is -2.11. The van der Waals surface area contributed by atoms with E-state index < -0.39 is 0 Å². The molecule has 0 aliphatic heterocycles. The minimum atomic E-state index is 0. The standard InChI is InChI=1S/C15H24BrN3O.HI/c1-4-17-15(18-8-5-9-20-3)19-11-13-6-7-14(16)10-12(13)2;/h6-7,10H,4-5,8-9,11H2,1-3H3,(H2,17,18,19);1H. The summed E-state index contributed by atoms with van der Waals surface area (Å²) in [5.41, 5.74) is 2.49. The second kappa shape index (κ2) is 12.2.